The lowest BCUT2D eigenvalue weighted by Crippen LogP contribution is -2.12. The highest BCUT2D eigenvalue weighted by Crippen LogP contribution is 2.24. The number of nitrogens with zero attached hydrogens (tertiary/aromatic N) is 3. The normalized spacial score (nSPS) is 11.0. The van der Waals surface area contributed by atoms with Crippen molar-refractivity contribution in [3.05, 3.63) is 77.9 Å². The molecule has 31 heavy (non-hydrogen) atoms. The van der Waals surface area contributed by atoms with Crippen LogP contribution in [0, 0.1) is 5.82 Å². The van der Waals surface area contributed by atoms with Gasteiger partial charge in [-0.2, -0.15) is 0 Å². The van der Waals surface area contributed by atoms with Crippen molar-refractivity contribution in [2.75, 3.05) is 36.6 Å². The maximum atomic E-state index is 13.3. The number of carbonyl (C=O) groups excluding carboxylic acids is 1. The molecule has 2 aromatic carbocycles. The Balaban J connectivity index is 1.65. The van der Waals surface area contributed by atoms with Gasteiger partial charge in [-0.15, -0.1) is 0 Å². The molecule has 160 valence electrons. The lowest BCUT2D eigenvalue weighted by atomic mass is 10.2. The zero-order valence-corrected chi connectivity index (χ0v) is 17.8. The van der Waals surface area contributed by atoms with Gasteiger partial charge in [0.15, 0.2) is 0 Å². The molecular weight excluding hydrogens is 419 g/mol. The Kier molecular flexibility index (Phi) is 7.53. The first kappa shape index (κ1) is 22.2. The summed E-state index contributed by atoms with van der Waals surface area (Å²) in [5.41, 5.74) is 1.99. The fraction of sp³-hybridized carbons (Fsp3) is 0.136. The Hall–Kier alpha value is -3.49. The quantitative estimate of drug-likeness (QED) is 0.436. The van der Waals surface area contributed by atoms with Gasteiger partial charge in [0.2, 0.25) is 5.91 Å². The highest BCUT2D eigenvalue weighted by atomic mass is 35.5. The Labute approximate surface area is 185 Å². The van der Waals surface area contributed by atoms with E-state index in [9.17, 15) is 9.18 Å². The van der Waals surface area contributed by atoms with Gasteiger partial charge in [-0.1, -0.05) is 23.7 Å². The summed E-state index contributed by atoms with van der Waals surface area (Å²) < 4.78 is 13.3. The number of aromatic nitrogens is 2. The summed E-state index contributed by atoms with van der Waals surface area (Å²) in [5, 5.41) is 9.07. The summed E-state index contributed by atoms with van der Waals surface area (Å²) in [7, 11) is 3.86. The molecule has 1 heterocycles. The number of anilines is 5. The molecule has 3 rings (SSSR count). The number of hydrogen-bond acceptors (Lipinski definition) is 6. The molecule has 1 aromatic heterocycles. The van der Waals surface area contributed by atoms with Crippen LogP contribution >= 0.6 is 11.6 Å². The Morgan fingerprint density at radius 2 is 1.71 bits per heavy atom. The number of hydrogen-bond donors (Lipinski definition) is 3. The van der Waals surface area contributed by atoms with Crippen molar-refractivity contribution < 1.29 is 9.18 Å². The van der Waals surface area contributed by atoms with Crippen LogP contribution in [0.4, 0.5) is 33.1 Å². The van der Waals surface area contributed by atoms with Crippen molar-refractivity contribution in [3.63, 3.8) is 0 Å². The van der Waals surface area contributed by atoms with Gasteiger partial charge in [0.05, 0.1) is 5.02 Å². The van der Waals surface area contributed by atoms with E-state index < -0.39 is 5.82 Å². The second kappa shape index (κ2) is 10.5. The summed E-state index contributed by atoms with van der Waals surface area (Å²) in [6.45, 7) is 0.684. The van der Waals surface area contributed by atoms with Gasteiger partial charge in [-0.3, -0.25) is 4.79 Å². The third kappa shape index (κ3) is 7.06. The number of rotatable bonds is 8. The van der Waals surface area contributed by atoms with Crippen LogP contribution in [0.25, 0.3) is 0 Å². The monoisotopic (exact) mass is 440 g/mol. The smallest absolute Gasteiger partial charge is 0.248 e. The minimum absolute atomic E-state index is 0.0211. The molecule has 0 fully saturated rings. The van der Waals surface area contributed by atoms with Crippen molar-refractivity contribution in [3.8, 4) is 0 Å². The molecular formula is C22H22ClFN6O. The van der Waals surface area contributed by atoms with Gasteiger partial charge in [-0.05, 0) is 50.5 Å². The van der Waals surface area contributed by atoms with Crippen LogP contribution in [0.5, 0.6) is 0 Å². The van der Waals surface area contributed by atoms with Crippen molar-refractivity contribution in [2.45, 2.75) is 0 Å². The molecule has 0 bridgehead atoms. The van der Waals surface area contributed by atoms with Crippen LogP contribution in [0.2, 0.25) is 5.02 Å². The first-order valence-electron chi connectivity index (χ1n) is 9.42. The van der Waals surface area contributed by atoms with E-state index in [4.69, 9.17) is 11.6 Å². The molecule has 0 unspecified atom stereocenters. The molecule has 0 saturated heterocycles. The van der Waals surface area contributed by atoms with Crippen LogP contribution in [-0.2, 0) is 4.79 Å². The maximum absolute atomic E-state index is 13.3. The van der Waals surface area contributed by atoms with Gasteiger partial charge in [0.25, 0.3) is 0 Å². The van der Waals surface area contributed by atoms with Crippen LogP contribution in [0.15, 0.2) is 67.0 Å². The first-order valence-corrected chi connectivity index (χ1v) is 9.80. The molecule has 7 nitrogen and oxygen atoms in total. The molecule has 0 aliphatic carbocycles. The van der Waals surface area contributed by atoms with Crippen LogP contribution in [0.3, 0.4) is 0 Å². The molecule has 9 heteroatoms. The van der Waals surface area contributed by atoms with Crippen LogP contribution in [0.1, 0.15) is 0 Å². The number of likely N-dealkylation sites (N-methyl/N-ethyl adjacent to an activating group) is 1. The summed E-state index contributed by atoms with van der Waals surface area (Å²) >= 11 is 5.81. The molecule has 0 atom stereocenters. The van der Waals surface area contributed by atoms with E-state index in [2.05, 4.69) is 25.9 Å². The zero-order chi connectivity index (χ0) is 22.2. The molecule has 3 aromatic rings. The summed E-state index contributed by atoms with van der Waals surface area (Å²) in [6, 6.07) is 13.3. The second-order valence-corrected chi connectivity index (χ2v) is 7.31. The van der Waals surface area contributed by atoms with E-state index in [1.807, 2.05) is 31.1 Å². The van der Waals surface area contributed by atoms with E-state index in [0.717, 1.165) is 5.69 Å². The Bertz CT molecular complexity index is 1090. The lowest BCUT2D eigenvalue weighted by Gasteiger charge is -2.10. The van der Waals surface area contributed by atoms with Crippen molar-refractivity contribution in [2.24, 2.45) is 0 Å². The van der Waals surface area contributed by atoms with E-state index in [0.29, 0.717) is 29.6 Å². The molecule has 0 spiro atoms. The number of benzene rings is 2. The summed E-state index contributed by atoms with van der Waals surface area (Å²) in [6.07, 6.45) is 4.70. The molecule has 0 aliphatic heterocycles. The number of halogens is 2. The third-order valence-electron chi connectivity index (χ3n) is 4.00. The predicted molar refractivity (Wildman–Crippen MR) is 123 cm³/mol. The van der Waals surface area contributed by atoms with Gasteiger partial charge in [-0.25, -0.2) is 14.4 Å². The van der Waals surface area contributed by atoms with E-state index in [-0.39, 0.29) is 10.9 Å². The molecule has 3 N–H and O–H groups in total. The zero-order valence-electron chi connectivity index (χ0n) is 17.1. The van der Waals surface area contributed by atoms with E-state index in [1.54, 1.807) is 30.3 Å². The lowest BCUT2D eigenvalue weighted by molar-refractivity contribution is -0.111. The van der Waals surface area contributed by atoms with Crippen molar-refractivity contribution in [1.82, 2.24) is 14.9 Å². The van der Waals surface area contributed by atoms with Gasteiger partial charge in [0.1, 0.15) is 23.8 Å². The largest absolute Gasteiger partial charge is 0.340 e. The standard InChI is InChI=1S/C22H22ClFN6O/c1-30(2)10-4-7-22(31)29-16-6-3-5-15(11-16)27-20-13-21(26-14-25-20)28-17-8-9-19(24)18(23)12-17/h3-9,11-14H,10H2,1-2H3,(H,29,31)(H2,25,26,27,28). The number of nitrogens with one attached hydrogen (secondary N) is 3. The fourth-order valence-corrected chi connectivity index (χ4v) is 2.77. The van der Waals surface area contributed by atoms with Gasteiger partial charge >= 0.3 is 0 Å². The average molecular weight is 441 g/mol. The molecule has 1 amide bonds. The fourth-order valence-electron chi connectivity index (χ4n) is 2.59. The van der Waals surface area contributed by atoms with Crippen LogP contribution in [-0.4, -0.2) is 41.4 Å². The minimum atomic E-state index is -0.488. The SMILES string of the molecule is CN(C)CC=CC(=O)Nc1cccc(Nc2cc(Nc3ccc(F)c(Cl)c3)ncn2)c1. The van der Waals surface area contributed by atoms with Crippen molar-refractivity contribution in [1.29, 1.82) is 0 Å². The Morgan fingerprint density at radius 3 is 2.39 bits per heavy atom. The average Bonchev–Trinajstić information content (AvgIpc) is 2.71. The van der Waals surface area contributed by atoms with Crippen LogP contribution < -0.4 is 16.0 Å². The van der Waals surface area contributed by atoms with Gasteiger partial charge < -0.3 is 20.9 Å². The highest BCUT2D eigenvalue weighted by Gasteiger charge is 2.05. The first-order chi connectivity index (χ1) is 14.9. The van der Waals surface area contributed by atoms with Crippen molar-refractivity contribution >= 4 is 46.2 Å². The summed E-state index contributed by atoms with van der Waals surface area (Å²) in [5.74, 6) is 0.360. The molecule has 0 aliphatic rings. The summed E-state index contributed by atoms with van der Waals surface area (Å²) in [4.78, 5) is 22.4. The number of amides is 1. The second-order valence-electron chi connectivity index (χ2n) is 6.90. The highest BCUT2D eigenvalue weighted by molar-refractivity contribution is 6.31. The molecule has 0 saturated carbocycles. The van der Waals surface area contributed by atoms with Gasteiger partial charge in [0, 0.05) is 35.7 Å². The maximum Gasteiger partial charge on any atom is 0.248 e. The third-order valence-corrected chi connectivity index (χ3v) is 4.29. The number of carbonyl (C=O) groups is 1. The Morgan fingerprint density at radius 1 is 1.03 bits per heavy atom. The predicted octanol–water partition coefficient (Wildman–Crippen LogP) is 4.81. The molecule has 0 radical (unpaired) electrons. The van der Waals surface area contributed by atoms with E-state index in [1.165, 1.54) is 24.5 Å². The van der Waals surface area contributed by atoms with E-state index >= 15 is 0 Å². The topological polar surface area (TPSA) is 82.2 Å². The minimum Gasteiger partial charge on any atom is -0.340 e.